The number of halogens is 1. The predicted molar refractivity (Wildman–Crippen MR) is 91.7 cm³/mol. The molecule has 1 saturated heterocycles. The second-order valence-corrected chi connectivity index (χ2v) is 6.21. The van der Waals surface area contributed by atoms with Crippen molar-refractivity contribution in [3.05, 3.63) is 69.6 Å². The Kier molecular flexibility index (Phi) is 4.32. The van der Waals surface area contributed by atoms with Crippen molar-refractivity contribution in [3.63, 3.8) is 0 Å². The number of aldehydes is 1. The normalized spacial score (nSPS) is 16.2. The predicted octanol–water partition coefficient (Wildman–Crippen LogP) is 4.39. The van der Waals surface area contributed by atoms with Crippen LogP contribution in [0.1, 0.15) is 15.9 Å². The fourth-order valence-corrected chi connectivity index (χ4v) is 3.15. The molecule has 1 fully saturated rings. The first-order chi connectivity index (χ1) is 11.1. The average molecular weight is 344 g/mol. The lowest BCUT2D eigenvalue weighted by Gasteiger charge is -2.12. The minimum Gasteiger partial charge on any atom is -0.298 e. The van der Waals surface area contributed by atoms with Gasteiger partial charge in [-0.05, 0) is 41.6 Å². The summed E-state index contributed by atoms with van der Waals surface area (Å²) in [6.07, 6.45) is 2.38. The molecule has 0 spiro atoms. The van der Waals surface area contributed by atoms with Crippen LogP contribution >= 0.6 is 23.4 Å². The maximum absolute atomic E-state index is 12.5. The van der Waals surface area contributed by atoms with Crippen LogP contribution in [0.2, 0.25) is 5.02 Å². The van der Waals surface area contributed by atoms with Gasteiger partial charge in [0.2, 0.25) is 0 Å². The number of carbonyl (C=O) groups excluding carboxylic acids is 3. The first kappa shape index (κ1) is 15.5. The van der Waals surface area contributed by atoms with E-state index in [0.717, 1.165) is 28.5 Å². The van der Waals surface area contributed by atoms with Gasteiger partial charge in [0.25, 0.3) is 11.1 Å². The Morgan fingerprint density at radius 3 is 2.35 bits per heavy atom. The fraction of sp³-hybridized carbons (Fsp3) is 0. The number of imide groups is 1. The zero-order chi connectivity index (χ0) is 16.4. The van der Waals surface area contributed by atoms with Gasteiger partial charge in [-0.2, -0.15) is 0 Å². The van der Waals surface area contributed by atoms with Crippen molar-refractivity contribution in [2.24, 2.45) is 0 Å². The molecule has 0 radical (unpaired) electrons. The van der Waals surface area contributed by atoms with Crippen molar-refractivity contribution in [2.45, 2.75) is 0 Å². The molecular formula is C17H10ClNO3S. The van der Waals surface area contributed by atoms with Crippen molar-refractivity contribution in [1.29, 1.82) is 0 Å². The molecule has 0 atom stereocenters. The minimum atomic E-state index is -0.387. The standard InChI is InChI=1S/C17H10ClNO3S/c18-13-2-1-3-14(9-13)19-16(21)15(23-17(19)22)8-11-4-6-12(10-20)7-5-11/h1-10H/b15-8+. The van der Waals surface area contributed by atoms with Gasteiger partial charge in [-0.3, -0.25) is 14.4 Å². The molecule has 2 amide bonds. The largest absolute Gasteiger partial charge is 0.298 e. The zero-order valence-corrected chi connectivity index (χ0v) is 13.3. The first-order valence-electron chi connectivity index (χ1n) is 6.67. The van der Waals surface area contributed by atoms with E-state index in [1.54, 1.807) is 54.6 Å². The van der Waals surface area contributed by atoms with Gasteiger partial charge in [-0.15, -0.1) is 0 Å². The van der Waals surface area contributed by atoms with Crippen LogP contribution in [0.25, 0.3) is 6.08 Å². The van der Waals surface area contributed by atoms with Crippen molar-refractivity contribution in [3.8, 4) is 0 Å². The summed E-state index contributed by atoms with van der Waals surface area (Å²) in [5.41, 5.74) is 1.74. The van der Waals surface area contributed by atoms with E-state index >= 15 is 0 Å². The molecule has 23 heavy (non-hydrogen) atoms. The Bertz CT molecular complexity index is 830. The molecule has 0 aliphatic carbocycles. The van der Waals surface area contributed by atoms with Crippen LogP contribution in [-0.4, -0.2) is 17.4 Å². The smallest absolute Gasteiger partial charge is 0.298 e. The average Bonchev–Trinajstić information content (AvgIpc) is 2.82. The highest BCUT2D eigenvalue weighted by molar-refractivity contribution is 8.19. The van der Waals surface area contributed by atoms with E-state index in [0.29, 0.717) is 21.2 Å². The molecule has 3 rings (SSSR count). The summed E-state index contributed by atoms with van der Waals surface area (Å²) in [7, 11) is 0. The van der Waals surface area contributed by atoms with Gasteiger partial charge in [0.15, 0.2) is 0 Å². The summed E-state index contributed by atoms with van der Waals surface area (Å²) in [5.74, 6) is -0.387. The number of nitrogens with zero attached hydrogens (tertiary/aromatic N) is 1. The Morgan fingerprint density at radius 2 is 1.70 bits per heavy atom. The molecule has 1 aliphatic rings. The molecular weight excluding hydrogens is 334 g/mol. The lowest BCUT2D eigenvalue weighted by molar-refractivity contribution is -0.113. The quantitative estimate of drug-likeness (QED) is 0.612. The molecule has 2 aromatic rings. The number of benzene rings is 2. The Labute approximate surface area is 141 Å². The second kappa shape index (κ2) is 6.40. The molecule has 0 bridgehead atoms. The number of hydrogen-bond acceptors (Lipinski definition) is 4. The van der Waals surface area contributed by atoms with Gasteiger partial charge in [0, 0.05) is 10.6 Å². The molecule has 0 N–H and O–H groups in total. The first-order valence-corrected chi connectivity index (χ1v) is 7.87. The molecule has 1 heterocycles. The topological polar surface area (TPSA) is 54.5 Å². The van der Waals surface area contributed by atoms with Gasteiger partial charge in [-0.25, -0.2) is 4.90 Å². The van der Waals surface area contributed by atoms with Crippen molar-refractivity contribution >= 4 is 52.6 Å². The number of anilines is 1. The van der Waals surface area contributed by atoms with Crippen LogP contribution in [0.4, 0.5) is 10.5 Å². The maximum Gasteiger partial charge on any atom is 0.298 e. The van der Waals surface area contributed by atoms with Crippen LogP contribution in [0.15, 0.2) is 53.4 Å². The lowest BCUT2D eigenvalue weighted by Crippen LogP contribution is -2.27. The minimum absolute atomic E-state index is 0.328. The van der Waals surface area contributed by atoms with Gasteiger partial charge < -0.3 is 0 Å². The maximum atomic E-state index is 12.5. The molecule has 0 unspecified atom stereocenters. The third-order valence-corrected chi connectivity index (χ3v) is 4.34. The monoisotopic (exact) mass is 343 g/mol. The Balaban J connectivity index is 1.91. The van der Waals surface area contributed by atoms with Gasteiger partial charge in [0.1, 0.15) is 6.29 Å². The molecule has 0 aromatic heterocycles. The van der Waals surface area contributed by atoms with Gasteiger partial charge >= 0.3 is 0 Å². The highest BCUT2D eigenvalue weighted by atomic mass is 35.5. The number of hydrogen-bond donors (Lipinski definition) is 0. The molecule has 6 heteroatoms. The van der Waals surface area contributed by atoms with Crippen LogP contribution in [0.3, 0.4) is 0 Å². The summed E-state index contributed by atoms with van der Waals surface area (Å²) in [4.78, 5) is 36.7. The van der Waals surface area contributed by atoms with Crippen molar-refractivity contribution in [1.82, 2.24) is 0 Å². The molecule has 2 aromatic carbocycles. The highest BCUT2D eigenvalue weighted by Crippen LogP contribution is 2.36. The highest BCUT2D eigenvalue weighted by Gasteiger charge is 2.36. The second-order valence-electron chi connectivity index (χ2n) is 4.78. The summed E-state index contributed by atoms with van der Waals surface area (Å²) in [5, 5.41) is 0.0861. The Hall–Kier alpha value is -2.37. The van der Waals surface area contributed by atoms with Crippen molar-refractivity contribution < 1.29 is 14.4 Å². The molecule has 4 nitrogen and oxygen atoms in total. The van der Waals surface area contributed by atoms with Crippen LogP contribution in [-0.2, 0) is 4.79 Å². The molecule has 114 valence electrons. The molecule has 0 saturated carbocycles. The van der Waals surface area contributed by atoms with Gasteiger partial charge in [-0.1, -0.05) is 41.9 Å². The van der Waals surface area contributed by atoms with Crippen LogP contribution < -0.4 is 4.90 Å². The SMILES string of the molecule is O=Cc1ccc(/C=C2/SC(=O)N(c3cccc(Cl)c3)C2=O)cc1. The fourth-order valence-electron chi connectivity index (χ4n) is 2.13. The summed E-state index contributed by atoms with van der Waals surface area (Å²) in [6.45, 7) is 0. The summed E-state index contributed by atoms with van der Waals surface area (Å²) in [6, 6.07) is 13.3. The van der Waals surface area contributed by atoms with Gasteiger partial charge in [0.05, 0.1) is 10.6 Å². The van der Waals surface area contributed by atoms with E-state index in [-0.39, 0.29) is 11.1 Å². The summed E-state index contributed by atoms with van der Waals surface area (Å²) < 4.78 is 0. The van der Waals surface area contributed by atoms with E-state index in [1.165, 1.54) is 0 Å². The van der Waals surface area contributed by atoms with E-state index in [2.05, 4.69) is 0 Å². The van der Waals surface area contributed by atoms with E-state index in [1.807, 2.05) is 0 Å². The Morgan fingerprint density at radius 1 is 1.00 bits per heavy atom. The zero-order valence-electron chi connectivity index (χ0n) is 11.7. The summed E-state index contributed by atoms with van der Waals surface area (Å²) >= 11 is 6.79. The molecule has 1 aliphatic heterocycles. The van der Waals surface area contributed by atoms with Crippen molar-refractivity contribution in [2.75, 3.05) is 4.90 Å². The van der Waals surface area contributed by atoms with E-state index < -0.39 is 0 Å². The van der Waals surface area contributed by atoms with E-state index in [9.17, 15) is 14.4 Å². The number of carbonyl (C=O) groups is 3. The van der Waals surface area contributed by atoms with Crippen LogP contribution in [0.5, 0.6) is 0 Å². The lowest BCUT2D eigenvalue weighted by atomic mass is 10.1. The number of rotatable bonds is 3. The third kappa shape index (κ3) is 3.21. The third-order valence-electron chi connectivity index (χ3n) is 3.23. The van der Waals surface area contributed by atoms with E-state index in [4.69, 9.17) is 11.6 Å². The number of amides is 2. The van der Waals surface area contributed by atoms with Crippen LogP contribution in [0, 0.1) is 0 Å². The number of thioether (sulfide) groups is 1.